The number of carbonyl (C=O) groups excluding carboxylic acids is 1. The van der Waals surface area contributed by atoms with Crippen LogP contribution in [0.3, 0.4) is 0 Å². The molecule has 0 aliphatic rings. The lowest BCUT2D eigenvalue weighted by Crippen LogP contribution is -2.44. The van der Waals surface area contributed by atoms with Crippen LogP contribution >= 0.6 is 0 Å². The van der Waals surface area contributed by atoms with Crippen LogP contribution in [-0.4, -0.2) is 39.6 Å². The highest BCUT2D eigenvalue weighted by atomic mass is 19.4. The van der Waals surface area contributed by atoms with Gasteiger partial charge in [-0.25, -0.2) is 0 Å². The second kappa shape index (κ2) is 6.36. The molecule has 1 heterocycles. The summed E-state index contributed by atoms with van der Waals surface area (Å²) in [5.74, 6) is -4.45. The first-order valence-corrected chi connectivity index (χ1v) is 5.70. The Morgan fingerprint density at radius 1 is 1.40 bits per heavy atom. The Kier molecular flexibility index (Phi) is 5.06. The van der Waals surface area contributed by atoms with Crippen LogP contribution < -0.4 is 0 Å². The summed E-state index contributed by atoms with van der Waals surface area (Å²) in [5.41, 5.74) is 0.252. The predicted octanol–water partition coefficient (Wildman–Crippen LogP) is 1.69. The molecule has 1 rings (SSSR count). The highest BCUT2D eigenvalue weighted by Crippen LogP contribution is 2.20. The molecule has 1 aromatic heterocycles. The van der Waals surface area contributed by atoms with Gasteiger partial charge in [0.05, 0.1) is 18.2 Å². The van der Waals surface area contributed by atoms with Crippen LogP contribution in [0.25, 0.3) is 0 Å². The van der Waals surface area contributed by atoms with Crippen molar-refractivity contribution in [3.8, 4) is 0 Å². The Labute approximate surface area is 113 Å². The number of nitrogens with zero attached hydrogens (tertiary/aromatic N) is 2. The standard InChI is InChI=1S/C12H13F3N2O3/c1-8(10(18)19)6-17(11(20)12(13,14)15)7-9-4-2-3-5-16-9/h2-5,8H,6-7H2,1H3,(H,18,19). The number of carbonyl (C=O) groups is 2. The van der Waals surface area contributed by atoms with Gasteiger partial charge in [-0.05, 0) is 12.1 Å². The smallest absolute Gasteiger partial charge is 0.471 e. The number of aromatic nitrogens is 1. The fourth-order valence-corrected chi connectivity index (χ4v) is 1.49. The SMILES string of the molecule is CC(CN(Cc1ccccn1)C(=O)C(F)(F)F)C(=O)O. The molecule has 0 aliphatic carbocycles. The molecule has 0 aromatic carbocycles. The molecule has 1 unspecified atom stereocenters. The van der Waals surface area contributed by atoms with E-state index in [-0.39, 0.29) is 5.69 Å². The van der Waals surface area contributed by atoms with E-state index >= 15 is 0 Å². The van der Waals surface area contributed by atoms with Crippen LogP contribution in [0.15, 0.2) is 24.4 Å². The first-order valence-electron chi connectivity index (χ1n) is 5.70. The minimum absolute atomic E-state index is 0.252. The van der Waals surface area contributed by atoms with E-state index in [1.54, 1.807) is 12.1 Å². The van der Waals surface area contributed by atoms with Crippen LogP contribution in [0.2, 0.25) is 0 Å². The molecule has 20 heavy (non-hydrogen) atoms. The Morgan fingerprint density at radius 2 is 2.05 bits per heavy atom. The van der Waals surface area contributed by atoms with Gasteiger partial charge < -0.3 is 10.0 Å². The molecule has 0 fully saturated rings. The topological polar surface area (TPSA) is 70.5 Å². The van der Waals surface area contributed by atoms with Gasteiger partial charge in [0.2, 0.25) is 0 Å². The molecule has 8 heteroatoms. The number of carboxylic acid groups (broad SMARTS) is 1. The van der Waals surface area contributed by atoms with Gasteiger partial charge in [0.25, 0.3) is 0 Å². The zero-order chi connectivity index (χ0) is 15.3. The van der Waals surface area contributed by atoms with Crippen molar-refractivity contribution in [2.45, 2.75) is 19.6 Å². The molecule has 1 aromatic rings. The number of rotatable bonds is 5. The Morgan fingerprint density at radius 3 is 2.50 bits per heavy atom. The zero-order valence-electron chi connectivity index (χ0n) is 10.6. The van der Waals surface area contributed by atoms with Crippen molar-refractivity contribution < 1.29 is 27.9 Å². The van der Waals surface area contributed by atoms with Gasteiger partial charge in [-0.2, -0.15) is 13.2 Å². The number of pyridine rings is 1. The molecule has 0 saturated heterocycles. The van der Waals surface area contributed by atoms with Crippen molar-refractivity contribution in [2.75, 3.05) is 6.54 Å². The maximum absolute atomic E-state index is 12.5. The quantitative estimate of drug-likeness (QED) is 0.896. The van der Waals surface area contributed by atoms with Crippen molar-refractivity contribution in [3.05, 3.63) is 30.1 Å². The molecule has 5 nitrogen and oxygen atoms in total. The minimum atomic E-state index is -5.05. The van der Waals surface area contributed by atoms with Gasteiger partial charge in [-0.15, -0.1) is 0 Å². The number of amides is 1. The van der Waals surface area contributed by atoms with Crippen LogP contribution in [0.4, 0.5) is 13.2 Å². The molecule has 0 radical (unpaired) electrons. The van der Waals surface area contributed by atoms with Gasteiger partial charge in [-0.3, -0.25) is 14.6 Å². The fraction of sp³-hybridized carbons (Fsp3) is 0.417. The van der Waals surface area contributed by atoms with Crippen LogP contribution in [-0.2, 0) is 16.1 Å². The Balaban J connectivity index is 2.90. The third-order valence-corrected chi connectivity index (χ3v) is 2.52. The summed E-state index contributed by atoms with van der Waals surface area (Å²) in [7, 11) is 0. The predicted molar refractivity (Wildman–Crippen MR) is 62.5 cm³/mol. The fourth-order valence-electron chi connectivity index (χ4n) is 1.49. The van der Waals surface area contributed by atoms with Crippen molar-refractivity contribution in [2.24, 2.45) is 5.92 Å². The molecule has 1 atom stereocenters. The molecule has 0 saturated carbocycles. The molecule has 0 bridgehead atoms. The van der Waals surface area contributed by atoms with Crippen LogP contribution in [0.1, 0.15) is 12.6 Å². The number of aliphatic carboxylic acids is 1. The average molecular weight is 290 g/mol. The summed E-state index contributed by atoms with van der Waals surface area (Å²) >= 11 is 0. The van der Waals surface area contributed by atoms with Gasteiger partial charge in [0.15, 0.2) is 0 Å². The van der Waals surface area contributed by atoms with E-state index in [4.69, 9.17) is 5.11 Å². The van der Waals surface area contributed by atoms with Crippen LogP contribution in [0.5, 0.6) is 0 Å². The van der Waals surface area contributed by atoms with E-state index in [2.05, 4.69) is 4.98 Å². The first kappa shape index (κ1) is 15.9. The first-order chi connectivity index (χ1) is 9.21. The van der Waals surface area contributed by atoms with Crippen molar-refractivity contribution in [1.82, 2.24) is 9.88 Å². The number of hydrogen-bond acceptors (Lipinski definition) is 3. The number of halogens is 3. The van der Waals surface area contributed by atoms with E-state index in [9.17, 15) is 22.8 Å². The number of carboxylic acids is 1. The Bertz CT molecular complexity index is 477. The third kappa shape index (κ3) is 4.52. The number of alkyl halides is 3. The third-order valence-electron chi connectivity index (χ3n) is 2.52. The number of hydrogen-bond donors (Lipinski definition) is 1. The Hall–Kier alpha value is -2.12. The van der Waals surface area contributed by atoms with Gasteiger partial charge in [0, 0.05) is 12.7 Å². The molecular formula is C12H13F3N2O3. The second-order valence-corrected chi connectivity index (χ2v) is 4.24. The minimum Gasteiger partial charge on any atom is -0.481 e. The highest BCUT2D eigenvalue weighted by molar-refractivity contribution is 5.82. The molecule has 110 valence electrons. The summed E-state index contributed by atoms with van der Waals surface area (Å²) in [6, 6.07) is 4.61. The van der Waals surface area contributed by atoms with E-state index in [0.717, 1.165) is 0 Å². The summed E-state index contributed by atoms with van der Waals surface area (Å²) in [6.45, 7) is 0.304. The maximum atomic E-state index is 12.5. The second-order valence-electron chi connectivity index (χ2n) is 4.24. The van der Waals surface area contributed by atoms with Gasteiger partial charge in [-0.1, -0.05) is 13.0 Å². The summed E-state index contributed by atoms with van der Waals surface area (Å²) < 4.78 is 37.5. The molecule has 0 aliphatic heterocycles. The lowest BCUT2D eigenvalue weighted by atomic mass is 10.1. The van der Waals surface area contributed by atoms with Gasteiger partial charge in [0.1, 0.15) is 0 Å². The van der Waals surface area contributed by atoms with Crippen molar-refractivity contribution >= 4 is 11.9 Å². The molecule has 1 N–H and O–H groups in total. The van der Waals surface area contributed by atoms with E-state index in [1.165, 1.54) is 19.2 Å². The van der Waals surface area contributed by atoms with Crippen LogP contribution in [0, 0.1) is 5.92 Å². The summed E-state index contributed by atoms with van der Waals surface area (Å²) in [4.78, 5) is 26.3. The normalized spacial score (nSPS) is 12.8. The lowest BCUT2D eigenvalue weighted by Gasteiger charge is -2.25. The lowest BCUT2D eigenvalue weighted by molar-refractivity contribution is -0.187. The highest BCUT2D eigenvalue weighted by Gasteiger charge is 2.43. The zero-order valence-corrected chi connectivity index (χ0v) is 10.6. The molecule has 1 amide bonds. The van der Waals surface area contributed by atoms with Gasteiger partial charge >= 0.3 is 18.1 Å². The van der Waals surface area contributed by atoms with E-state index in [1.807, 2.05) is 0 Å². The summed E-state index contributed by atoms with van der Waals surface area (Å²) in [5, 5.41) is 8.75. The van der Waals surface area contributed by atoms with Crippen molar-refractivity contribution in [3.63, 3.8) is 0 Å². The van der Waals surface area contributed by atoms with E-state index in [0.29, 0.717) is 4.90 Å². The largest absolute Gasteiger partial charge is 0.481 e. The van der Waals surface area contributed by atoms with Crippen molar-refractivity contribution in [1.29, 1.82) is 0 Å². The average Bonchev–Trinajstić information content (AvgIpc) is 2.37. The maximum Gasteiger partial charge on any atom is 0.471 e. The summed E-state index contributed by atoms with van der Waals surface area (Å²) in [6.07, 6.45) is -3.67. The molecular weight excluding hydrogens is 277 g/mol. The van der Waals surface area contributed by atoms with E-state index < -0.39 is 37.1 Å². The molecule has 0 spiro atoms. The monoisotopic (exact) mass is 290 g/mol.